The van der Waals surface area contributed by atoms with Gasteiger partial charge in [0.25, 0.3) is 5.91 Å². The molecule has 0 spiro atoms. The molecule has 0 aliphatic heterocycles. The third-order valence-corrected chi connectivity index (χ3v) is 5.77. The molecule has 0 atom stereocenters. The number of rotatable bonds is 5. The van der Waals surface area contributed by atoms with Gasteiger partial charge < -0.3 is 9.15 Å². The predicted octanol–water partition coefficient (Wildman–Crippen LogP) is 5.53. The van der Waals surface area contributed by atoms with E-state index in [1.807, 2.05) is 0 Å². The van der Waals surface area contributed by atoms with Crippen LogP contribution in [-0.4, -0.2) is 11.1 Å². The van der Waals surface area contributed by atoms with Gasteiger partial charge in [-0.3, -0.25) is 14.8 Å². The van der Waals surface area contributed by atoms with Crippen LogP contribution in [0.3, 0.4) is 0 Å². The number of fused-ring (bicyclic) bond motifs is 1. The van der Waals surface area contributed by atoms with E-state index >= 15 is 0 Å². The number of halogens is 2. The maximum atomic E-state index is 13.1. The van der Waals surface area contributed by atoms with Gasteiger partial charge in [-0.05, 0) is 48.0 Å². The average molecular weight is 462 g/mol. The summed E-state index contributed by atoms with van der Waals surface area (Å²) in [5.74, 6) is -0.296. The van der Waals surface area contributed by atoms with Crippen LogP contribution in [0.4, 0.5) is 0 Å². The molecule has 2 heterocycles. The van der Waals surface area contributed by atoms with Gasteiger partial charge in [-0.1, -0.05) is 35.3 Å². The zero-order valence-electron chi connectivity index (χ0n) is 15.1. The maximum Gasteiger partial charge on any atom is 0.274 e. The van der Waals surface area contributed by atoms with Crippen LogP contribution in [0.25, 0.3) is 21.6 Å². The first kappa shape index (κ1) is 20.4. The maximum absolute atomic E-state index is 13.1. The fraction of sp³-hybridized carbons (Fsp3) is 0.0476. The van der Waals surface area contributed by atoms with Crippen molar-refractivity contribution in [1.29, 1.82) is 0 Å². The standard InChI is InChI=1S/C21H13Cl2NO5S/c22-13-5-6-15-14(9-13)18(25)20(19(29-15)16-7-8-17(23)30-16)28-10-11-1-3-12(4-2-11)21(26)24-27/h1-9,27H,10H2,(H,24,26). The summed E-state index contributed by atoms with van der Waals surface area (Å²) >= 11 is 13.4. The molecule has 0 aliphatic carbocycles. The van der Waals surface area contributed by atoms with Crippen LogP contribution < -0.4 is 15.6 Å². The molecule has 4 rings (SSSR count). The molecule has 0 radical (unpaired) electrons. The summed E-state index contributed by atoms with van der Waals surface area (Å²) in [7, 11) is 0. The number of nitrogens with one attached hydrogen (secondary N) is 1. The molecule has 2 aromatic heterocycles. The number of carbonyl (C=O) groups excluding carboxylic acids is 1. The van der Waals surface area contributed by atoms with E-state index in [9.17, 15) is 9.59 Å². The monoisotopic (exact) mass is 461 g/mol. The SMILES string of the molecule is O=C(NO)c1ccc(COc2c(-c3ccc(Cl)s3)oc3ccc(Cl)cc3c2=O)cc1. The van der Waals surface area contributed by atoms with E-state index in [1.54, 1.807) is 41.9 Å². The van der Waals surface area contributed by atoms with Crippen molar-refractivity contribution >= 4 is 51.4 Å². The second-order valence-electron chi connectivity index (χ2n) is 6.26. The van der Waals surface area contributed by atoms with Crippen molar-refractivity contribution in [2.75, 3.05) is 0 Å². The Morgan fingerprint density at radius 2 is 1.87 bits per heavy atom. The first-order valence-electron chi connectivity index (χ1n) is 8.64. The highest BCUT2D eigenvalue weighted by molar-refractivity contribution is 7.19. The van der Waals surface area contributed by atoms with Crippen molar-refractivity contribution in [1.82, 2.24) is 5.48 Å². The summed E-state index contributed by atoms with van der Waals surface area (Å²) in [6, 6.07) is 14.7. The topological polar surface area (TPSA) is 88.8 Å². The molecule has 0 saturated heterocycles. The molecular weight excluding hydrogens is 449 g/mol. The highest BCUT2D eigenvalue weighted by atomic mass is 35.5. The molecule has 0 aliphatic rings. The Balaban J connectivity index is 1.74. The molecule has 1 amide bonds. The van der Waals surface area contributed by atoms with E-state index in [-0.39, 0.29) is 29.1 Å². The molecular formula is C21H13Cl2NO5S. The van der Waals surface area contributed by atoms with Crippen LogP contribution in [0.2, 0.25) is 9.36 Å². The van der Waals surface area contributed by atoms with Gasteiger partial charge in [-0.2, -0.15) is 0 Å². The van der Waals surface area contributed by atoms with E-state index in [4.69, 9.17) is 37.6 Å². The first-order chi connectivity index (χ1) is 14.5. The van der Waals surface area contributed by atoms with Crippen LogP contribution in [0.15, 0.2) is 63.8 Å². The van der Waals surface area contributed by atoms with Crippen molar-refractivity contribution in [2.45, 2.75) is 6.61 Å². The zero-order valence-corrected chi connectivity index (χ0v) is 17.5. The van der Waals surface area contributed by atoms with Crippen molar-refractivity contribution < 1.29 is 19.2 Å². The molecule has 2 aromatic carbocycles. The number of amides is 1. The van der Waals surface area contributed by atoms with E-state index in [0.717, 1.165) is 0 Å². The lowest BCUT2D eigenvalue weighted by atomic mass is 10.1. The highest BCUT2D eigenvalue weighted by Gasteiger charge is 2.19. The third kappa shape index (κ3) is 4.06. The number of benzene rings is 2. The Morgan fingerprint density at radius 1 is 1.10 bits per heavy atom. The largest absolute Gasteiger partial charge is 0.481 e. The van der Waals surface area contributed by atoms with Crippen LogP contribution >= 0.6 is 34.5 Å². The van der Waals surface area contributed by atoms with Gasteiger partial charge >= 0.3 is 0 Å². The lowest BCUT2D eigenvalue weighted by Crippen LogP contribution is -2.18. The minimum absolute atomic E-state index is 0.0421. The summed E-state index contributed by atoms with van der Waals surface area (Å²) < 4.78 is 12.4. The van der Waals surface area contributed by atoms with E-state index < -0.39 is 5.91 Å². The average Bonchev–Trinajstić information content (AvgIpc) is 3.19. The number of thiophene rings is 1. The van der Waals surface area contributed by atoms with Crippen LogP contribution in [0, 0.1) is 0 Å². The summed E-state index contributed by atoms with van der Waals surface area (Å²) in [5.41, 5.74) is 2.60. The van der Waals surface area contributed by atoms with Crippen molar-refractivity contribution in [3.05, 3.63) is 85.3 Å². The van der Waals surface area contributed by atoms with E-state index in [0.29, 0.717) is 30.8 Å². The molecule has 152 valence electrons. The molecule has 0 fully saturated rings. The predicted molar refractivity (Wildman–Crippen MR) is 116 cm³/mol. The number of ether oxygens (including phenoxy) is 1. The summed E-state index contributed by atoms with van der Waals surface area (Å²) in [6.07, 6.45) is 0. The normalized spacial score (nSPS) is 10.9. The van der Waals surface area contributed by atoms with E-state index in [1.165, 1.54) is 29.5 Å². The smallest absolute Gasteiger partial charge is 0.274 e. The molecule has 0 unspecified atom stereocenters. The molecule has 4 aromatic rings. The van der Waals surface area contributed by atoms with Gasteiger partial charge in [-0.15, -0.1) is 11.3 Å². The molecule has 0 bridgehead atoms. The summed E-state index contributed by atoms with van der Waals surface area (Å²) in [4.78, 5) is 25.2. The molecule has 0 saturated carbocycles. The molecule has 6 nitrogen and oxygen atoms in total. The van der Waals surface area contributed by atoms with Gasteiger partial charge in [0.2, 0.25) is 11.2 Å². The molecule has 9 heteroatoms. The Bertz CT molecular complexity index is 1300. The van der Waals surface area contributed by atoms with Crippen molar-refractivity contribution in [3.8, 4) is 16.4 Å². The fourth-order valence-electron chi connectivity index (χ4n) is 2.85. The number of carbonyl (C=O) groups is 1. The Hall–Kier alpha value is -2.84. The van der Waals surface area contributed by atoms with Gasteiger partial charge in [0.15, 0.2) is 5.76 Å². The first-order valence-corrected chi connectivity index (χ1v) is 10.2. The Kier molecular flexibility index (Phi) is 5.78. The van der Waals surface area contributed by atoms with Crippen LogP contribution in [0.1, 0.15) is 15.9 Å². The Labute approximate surface area is 184 Å². The van der Waals surface area contributed by atoms with Gasteiger partial charge in [0.05, 0.1) is 14.6 Å². The fourth-order valence-corrected chi connectivity index (χ4v) is 4.05. The highest BCUT2D eigenvalue weighted by Crippen LogP contribution is 2.37. The lowest BCUT2D eigenvalue weighted by molar-refractivity contribution is 0.0706. The lowest BCUT2D eigenvalue weighted by Gasteiger charge is -2.11. The Morgan fingerprint density at radius 3 is 2.53 bits per heavy atom. The van der Waals surface area contributed by atoms with Gasteiger partial charge in [-0.25, -0.2) is 5.48 Å². The minimum atomic E-state index is -0.619. The number of hydrogen-bond acceptors (Lipinski definition) is 6. The van der Waals surface area contributed by atoms with E-state index in [2.05, 4.69) is 0 Å². The second-order valence-corrected chi connectivity index (χ2v) is 8.41. The molecule has 2 N–H and O–H groups in total. The van der Waals surface area contributed by atoms with Crippen molar-refractivity contribution in [2.24, 2.45) is 0 Å². The number of hydroxylamine groups is 1. The van der Waals surface area contributed by atoms with Crippen LogP contribution in [-0.2, 0) is 6.61 Å². The third-order valence-electron chi connectivity index (χ3n) is 4.31. The van der Waals surface area contributed by atoms with Gasteiger partial charge in [0, 0.05) is 10.6 Å². The summed E-state index contributed by atoms with van der Waals surface area (Å²) in [6.45, 7) is 0.0595. The van der Waals surface area contributed by atoms with Crippen molar-refractivity contribution in [3.63, 3.8) is 0 Å². The second kappa shape index (κ2) is 8.49. The summed E-state index contributed by atoms with van der Waals surface area (Å²) in [5, 5.41) is 9.41. The van der Waals surface area contributed by atoms with Crippen LogP contribution in [0.5, 0.6) is 5.75 Å². The minimum Gasteiger partial charge on any atom is -0.481 e. The zero-order chi connectivity index (χ0) is 21.3. The van der Waals surface area contributed by atoms with Gasteiger partial charge in [0.1, 0.15) is 12.2 Å². The number of hydrogen-bond donors (Lipinski definition) is 2. The molecule has 30 heavy (non-hydrogen) atoms. The quantitative estimate of drug-likeness (QED) is 0.301.